The van der Waals surface area contributed by atoms with Gasteiger partial charge in [0.2, 0.25) is 0 Å². The van der Waals surface area contributed by atoms with Crippen LogP contribution in [-0.2, 0) is 0 Å². The maximum Gasteiger partial charge on any atom is 0.108 e. The van der Waals surface area contributed by atoms with E-state index in [4.69, 9.17) is 0 Å². The molecule has 1 rings (SSSR count). The van der Waals surface area contributed by atoms with E-state index in [0.717, 1.165) is 32.4 Å². The summed E-state index contributed by atoms with van der Waals surface area (Å²) in [6.07, 6.45) is 5.51. The maximum atomic E-state index is 9.35. The highest BCUT2D eigenvalue weighted by molar-refractivity contribution is 5.10. The molecule has 1 N–H and O–H groups in total. The molecule has 2 unspecified atom stereocenters. The lowest BCUT2D eigenvalue weighted by Gasteiger charge is -2.39. The van der Waals surface area contributed by atoms with Crippen molar-refractivity contribution in [3.8, 4) is 6.07 Å². The van der Waals surface area contributed by atoms with Crippen LogP contribution >= 0.6 is 0 Å². The van der Waals surface area contributed by atoms with Gasteiger partial charge in [-0.1, -0.05) is 0 Å². The van der Waals surface area contributed by atoms with E-state index in [2.05, 4.69) is 42.3 Å². The number of nitrogens with zero attached hydrogens (tertiary/aromatic N) is 3. The van der Waals surface area contributed by atoms with Gasteiger partial charge in [-0.25, -0.2) is 0 Å². The fourth-order valence-corrected chi connectivity index (χ4v) is 2.83. The molecule has 1 aliphatic carbocycles. The first-order valence-electron chi connectivity index (χ1n) is 6.98. The first-order valence-corrected chi connectivity index (χ1v) is 6.98. The van der Waals surface area contributed by atoms with E-state index in [1.807, 2.05) is 7.05 Å². The zero-order valence-electron chi connectivity index (χ0n) is 12.4. The van der Waals surface area contributed by atoms with Crippen LogP contribution in [0.3, 0.4) is 0 Å². The molecule has 0 aromatic carbocycles. The number of hydrogen-bond donors (Lipinski definition) is 1. The van der Waals surface area contributed by atoms with Crippen LogP contribution in [0.2, 0.25) is 0 Å². The van der Waals surface area contributed by atoms with Gasteiger partial charge in [-0.2, -0.15) is 5.26 Å². The quantitative estimate of drug-likeness (QED) is 0.773. The van der Waals surface area contributed by atoms with Crippen LogP contribution in [-0.4, -0.2) is 62.7 Å². The summed E-state index contributed by atoms with van der Waals surface area (Å²) in [5, 5.41) is 12.6. The molecule has 18 heavy (non-hydrogen) atoms. The van der Waals surface area contributed by atoms with Gasteiger partial charge in [-0.05, 0) is 73.4 Å². The lowest BCUT2D eigenvalue weighted by atomic mass is 9.79. The van der Waals surface area contributed by atoms with E-state index in [9.17, 15) is 5.26 Å². The molecule has 0 aromatic rings. The molecule has 0 radical (unpaired) electrons. The van der Waals surface area contributed by atoms with Crippen LogP contribution in [0.25, 0.3) is 0 Å². The van der Waals surface area contributed by atoms with Crippen LogP contribution in [0.1, 0.15) is 32.1 Å². The summed E-state index contributed by atoms with van der Waals surface area (Å²) < 4.78 is 0. The molecule has 2 atom stereocenters. The Bertz CT molecular complexity index is 284. The van der Waals surface area contributed by atoms with Crippen LogP contribution in [0, 0.1) is 11.3 Å². The van der Waals surface area contributed by atoms with Gasteiger partial charge in [0.05, 0.1) is 6.07 Å². The molecular weight excluding hydrogens is 224 g/mol. The van der Waals surface area contributed by atoms with E-state index < -0.39 is 0 Å². The fourth-order valence-electron chi connectivity index (χ4n) is 2.83. The molecular formula is C14H28N4. The fraction of sp³-hybridized carbons (Fsp3) is 0.929. The highest BCUT2D eigenvalue weighted by Crippen LogP contribution is 2.30. The van der Waals surface area contributed by atoms with Crippen molar-refractivity contribution >= 4 is 0 Å². The third-order valence-corrected chi connectivity index (χ3v) is 4.16. The molecule has 0 spiro atoms. The average molecular weight is 252 g/mol. The molecule has 0 bridgehead atoms. The molecule has 4 nitrogen and oxygen atoms in total. The van der Waals surface area contributed by atoms with Gasteiger partial charge in [0.1, 0.15) is 5.54 Å². The summed E-state index contributed by atoms with van der Waals surface area (Å²) in [6, 6.07) is 3.03. The Kier molecular flexibility index (Phi) is 6.07. The summed E-state index contributed by atoms with van der Waals surface area (Å²) in [5.41, 5.74) is -0.293. The van der Waals surface area contributed by atoms with Crippen molar-refractivity contribution < 1.29 is 0 Å². The Morgan fingerprint density at radius 1 is 1.33 bits per heavy atom. The maximum absolute atomic E-state index is 9.35. The summed E-state index contributed by atoms with van der Waals surface area (Å²) in [5.74, 6) is 0. The van der Waals surface area contributed by atoms with E-state index in [1.165, 1.54) is 12.8 Å². The molecule has 1 saturated carbocycles. The average Bonchev–Trinajstić information content (AvgIpc) is 2.38. The Balaban J connectivity index is 2.43. The SMILES string of the molecule is CNC1(C#N)CCCC(N(C)CCCN(C)C)C1. The highest BCUT2D eigenvalue weighted by Gasteiger charge is 2.36. The largest absolute Gasteiger partial charge is 0.309 e. The highest BCUT2D eigenvalue weighted by atomic mass is 15.1. The van der Waals surface area contributed by atoms with Gasteiger partial charge in [0, 0.05) is 6.04 Å². The van der Waals surface area contributed by atoms with Crippen molar-refractivity contribution in [3.05, 3.63) is 0 Å². The first kappa shape index (κ1) is 15.4. The summed E-state index contributed by atoms with van der Waals surface area (Å²) in [6.45, 7) is 2.25. The lowest BCUT2D eigenvalue weighted by molar-refractivity contribution is 0.144. The molecule has 4 heteroatoms. The normalized spacial score (nSPS) is 28.6. The summed E-state index contributed by atoms with van der Waals surface area (Å²) >= 11 is 0. The van der Waals surface area contributed by atoms with Crippen molar-refractivity contribution in [2.75, 3.05) is 41.3 Å². The minimum Gasteiger partial charge on any atom is -0.309 e. The second-order valence-corrected chi connectivity index (χ2v) is 5.83. The summed E-state index contributed by atoms with van der Waals surface area (Å²) in [4.78, 5) is 4.66. The summed E-state index contributed by atoms with van der Waals surface area (Å²) in [7, 11) is 8.34. The minimum absolute atomic E-state index is 0.293. The second-order valence-electron chi connectivity index (χ2n) is 5.83. The van der Waals surface area contributed by atoms with E-state index in [-0.39, 0.29) is 5.54 Å². The third kappa shape index (κ3) is 4.24. The van der Waals surface area contributed by atoms with Gasteiger partial charge in [0.25, 0.3) is 0 Å². The molecule has 0 amide bonds. The van der Waals surface area contributed by atoms with E-state index in [0.29, 0.717) is 6.04 Å². The number of nitriles is 1. The predicted molar refractivity (Wildman–Crippen MR) is 75.5 cm³/mol. The zero-order valence-corrected chi connectivity index (χ0v) is 12.4. The van der Waals surface area contributed by atoms with Gasteiger partial charge < -0.3 is 15.1 Å². The molecule has 0 saturated heterocycles. The van der Waals surface area contributed by atoms with Crippen LogP contribution in [0.15, 0.2) is 0 Å². The first-order chi connectivity index (χ1) is 8.53. The molecule has 0 heterocycles. The van der Waals surface area contributed by atoms with E-state index in [1.54, 1.807) is 0 Å². The molecule has 104 valence electrons. The monoisotopic (exact) mass is 252 g/mol. The van der Waals surface area contributed by atoms with Crippen LogP contribution in [0.5, 0.6) is 0 Å². The zero-order chi connectivity index (χ0) is 13.6. The Morgan fingerprint density at radius 3 is 2.61 bits per heavy atom. The Morgan fingerprint density at radius 2 is 2.06 bits per heavy atom. The standard InChI is InChI=1S/C14H28N4/c1-16-14(12-15)8-5-7-13(11-14)18(4)10-6-9-17(2)3/h13,16H,5-11H2,1-4H3. The molecule has 1 fully saturated rings. The van der Waals surface area contributed by atoms with Crippen molar-refractivity contribution in [3.63, 3.8) is 0 Å². The third-order valence-electron chi connectivity index (χ3n) is 4.16. The van der Waals surface area contributed by atoms with Crippen LogP contribution in [0.4, 0.5) is 0 Å². The van der Waals surface area contributed by atoms with Gasteiger partial charge in [0.15, 0.2) is 0 Å². The smallest absolute Gasteiger partial charge is 0.108 e. The van der Waals surface area contributed by atoms with Gasteiger partial charge in [-0.3, -0.25) is 0 Å². The predicted octanol–water partition coefficient (Wildman–Crippen LogP) is 1.29. The molecule has 0 aliphatic heterocycles. The topological polar surface area (TPSA) is 42.3 Å². The second kappa shape index (κ2) is 7.08. The molecule has 0 aromatic heterocycles. The number of rotatable bonds is 6. The Labute approximate surface area is 112 Å². The minimum atomic E-state index is -0.293. The van der Waals surface area contributed by atoms with Crippen molar-refractivity contribution in [2.24, 2.45) is 0 Å². The van der Waals surface area contributed by atoms with Crippen molar-refractivity contribution in [1.29, 1.82) is 5.26 Å². The van der Waals surface area contributed by atoms with Crippen molar-refractivity contribution in [2.45, 2.75) is 43.7 Å². The van der Waals surface area contributed by atoms with Crippen molar-refractivity contribution in [1.82, 2.24) is 15.1 Å². The Hall–Kier alpha value is -0.630. The molecule has 1 aliphatic rings. The van der Waals surface area contributed by atoms with Gasteiger partial charge in [-0.15, -0.1) is 0 Å². The van der Waals surface area contributed by atoms with Crippen LogP contribution < -0.4 is 5.32 Å². The number of hydrogen-bond acceptors (Lipinski definition) is 4. The lowest BCUT2D eigenvalue weighted by Crippen LogP contribution is -2.51. The van der Waals surface area contributed by atoms with E-state index >= 15 is 0 Å². The van der Waals surface area contributed by atoms with Gasteiger partial charge >= 0.3 is 0 Å². The number of nitrogens with one attached hydrogen (secondary N) is 1.